The van der Waals surface area contributed by atoms with Gasteiger partial charge in [0.1, 0.15) is 19.3 Å². The van der Waals surface area contributed by atoms with Crippen molar-refractivity contribution in [2.45, 2.75) is 420 Å². The number of hydrogen-bond acceptors (Lipinski definition) is 15. The fourth-order valence-electron chi connectivity index (χ4n) is 11.9. The summed E-state index contributed by atoms with van der Waals surface area (Å²) in [5.41, 5.74) is 0. The monoisotopic (exact) mass is 1420 g/mol. The molecule has 0 amide bonds. The van der Waals surface area contributed by atoms with Crippen molar-refractivity contribution in [1.82, 2.24) is 0 Å². The smallest absolute Gasteiger partial charge is 0.462 e. The highest BCUT2D eigenvalue weighted by Crippen LogP contribution is 2.45. The molecule has 0 saturated carbocycles. The van der Waals surface area contributed by atoms with Gasteiger partial charge in [-0.15, -0.1) is 0 Å². The molecule has 97 heavy (non-hydrogen) atoms. The predicted octanol–water partition coefficient (Wildman–Crippen LogP) is 23.0. The van der Waals surface area contributed by atoms with Crippen molar-refractivity contribution in [2.75, 3.05) is 39.6 Å². The molecule has 0 aliphatic heterocycles. The van der Waals surface area contributed by atoms with Gasteiger partial charge in [0.15, 0.2) is 12.2 Å². The average molecular weight is 1420 g/mol. The fraction of sp³-hybridized carbons (Fsp3) is 0.949. The molecule has 0 aliphatic rings. The maximum absolute atomic E-state index is 13.1. The van der Waals surface area contributed by atoms with E-state index in [-0.39, 0.29) is 25.7 Å². The van der Waals surface area contributed by atoms with Gasteiger partial charge >= 0.3 is 39.5 Å². The van der Waals surface area contributed by atoms with Crippen LogP contribution in [0.2, 0.25) is 0 Å². The number of hydrogen-bond donors (Lipinski definition) is 3. The molecular formula is C78H152O17P2. The topological polar surface area (TPSA) is 237 Å². The van der Waals surface area contributed by atoms with Gasteiger partial charge in [-0.1, -0.05) is 350 Å². The highest BCUT2D eigenvalue weighted by Gasteiger charge is 2.30. The number of ether oxygens (including phenoxy) is 4. The highest BCUT2D eigenvalue weighted by molar-refractivity contribution is 7.47. The number of aliphatic hydroxyl groups excluding tert-OH is 1. The Labute approximate surface area is 594 Å². The summed E-state index contributed by atoms with van der Waals surface area (Å²) in [7, 11) is -9.92. The van der Waals surface area contributed by atoms with Gasteiger partial charge in [0, 0.05) is 25.7 Å². The van der Waals surface area contributed by atoms with Gasteiger partial charge in [-0.2, -0.15) is 0 Å². The van der Waals surface area contributed by atoms with Crippen LogP contribution in [0.5, 0.6) is 0 Å². The van der Waals surface area contributed by atoms with Crippen molar-refractivity contribution in [1.29, 1.82) is 0 Å². The molecule has 0 saturated heterocycles. The number of unbranched alkanes of at least 4 members (excludes halogenated alkanes) is 42. The summed E-state index contributed by atoms with van der Waals surface area (Å²) < 4.78 is 68.6. The third-order valence-corrected chi connectivity index (χ3v) is 20.8. The van der Waals surface area contributed by atoms with Crippen LogP contribution in [0.3, 0.4) is 0 Å². The molecule has 0 aliphatic carbocycles. The first-order valence-electron chi connectivity index (χ1n) is 40.4. The average Bonchev–Trinajstić information content (AvgIpc) is 1.21. The molecule has 0 radical (unpaired) electrons. The zero-order valence-corrected chi connectivity index (χ0v) is 65.3. The van der Waals surface area contributed by atoms with Gasteiger partial charge in [0.05, 0.1) is 26.4 Å². The molecule has 0 fully saturated rings. The van der Waals surface area contributed by atoms with Crippen LogP contribution in [0.25, 0.3) is 0 Å². The van der Waals surface area contributed by atoms with E-state index in [0.29, 0.717) is 31.6 Å². The molecule has 7 atom stereocenters. The SMILES string of the molecule is CCCCCCCCCCCCCCCCCCCCCC(=O)O[C@H](COC(=O)CCCCCCCCCCCCC(C)CC)COP(=O)(O)OC[C@@H](O)COP(=O)(O)OC[C@@H](COC(=O)CCCCCCCCCC(C)C)OC(=O)CCCCCCCCCCCCC(C)CC. The van der Waals surface area contributed by atoms with E-state index in [1.807, 2.05) is 0 Å². The maximum atomic E-state index is 13.1. The molecule has 0 aromatic carbocycles. The summed E-state index contributed by atoms with van der Waals surface area (Å²) in [4.78, 5) is 72.9. The minimum Gasteiger partial charge on any atom is -0.462 e. The normalized spacial score (nSPS) is 14.6. The van der Waals surface area contributed by atoms with Gasteiger partial charge in [0.2, 0.25) is 0 Å². The number of phosphoric ester groups is 2. The van der Waals surface area contributed by atoms with Crippen molar-refractivity contribution in [3.63, 3.8) is 0 Å². The summed E-state index contributed by atoms with van der Waals surface area (Å²) in [6.45, 7) is 11.9. The van der Waals surface area contributed by atoms with Gasteiger partial charge in [-0.05, 0) is 43.4 Å². The maximum Gasteiger partial charge on any atom is 0.472 e. The molecule has 0 heterocycles. The summed E-state index contributed by atoms with van der Waals surface area (Å²) >= 11 is 0. The quantitative estimate of drug-likeness (QED) is 0.0222. The van der Waals surface area contributed by atoms with Gasteiger partial charge in [-0.25, -0.2) is 9.13 Å². The number of esters is 4. The van der Waals surface area contributed by atoms with Gasteiger partial charge in [-0.3, -0.25) is 37.3 Å². The lowest BCUT2D eigenvalue weighted by atomic mass is 9.99. The lowest BCUT2D eigenvalue weighted by Crippen LogP contribution is -2.30. The van der Waals surface area contributed by atoms with E-state index < -0.39 is 97.5 Å². The zero-order valence-electron chi connectivity index (χ0n) is 63.5. The number of phosphoric acid groups is 2. The summed E-state index contributed by atoms with van der Waals surface area (Å²) in [5.74, 6) is 0.201. The second-order valence-corrected chi connectivity index (χ2v) is 32.0. The Morgan fingerprint density at radius 3 is 0.784 bits per heavy atom. The fourth-order valence-corrected chi connectivity index (χ4v) is 13.5. The Morgan fingerprint density at radius 2 is 0.526 bits per heavy atom. The van der Waals surface area contributed by atoms with Crippen LogP contribution in [0.1, 0.15) is 402 Å². The first-order valence-corrected chi connectivity index (χ1v) is 43.4. The Bertz CT molecular complexity index is 1890. The van der Waals surface area contributed by atoms with Crippen LogP contribution >= 0.6 is 15.6 Å². The standard InChI is InChI=1S/C78H152O17P2/c1-8-11-12-13-14-15-16-17-18-19-20-21-22-23-24-32-39-47-54-61-77(82)94-73(65-88-75(80)59-52-45-38-31-27-25-29-36-43-50-57-70(6)9-2)67-92-96(84,85)90-63-72(79)64-91-97(86,87)93-68-74(66-89-76(81)60-53-46-41-34-35-42-49-56-69(4)5)95-78(83)62-55-48-40-33-28-26-30-37-44-51-58-71(7)10-3/h69-74,79H,8-68H2,1-7H3,(H,84,85)(H,86,87)/t70?,71?,72-,73-,74-/m1/s1. The summed E-state index contributed by atoms with van der Waals surface area (Å²) in [6.07, 6.45) is 55.4. The second-order valence-electron chi connectivity index (χ2n) is 29.1. The summed E-state index contributed by atoms with van der Waals surface area (Å²) in [6, 6.07) is 0. The van der Waals surface area contributed by atoms with Crippen LogP contribution in [-0.2, 0) is 65.4 Å². The highest BCUT2D eigenvalue weighted by atomic mass is 31.2. The molecule has 576 valence electrons. The molecule has 17 nitrogen and oxygen atoms in total. The molecule has 0 rings (SSSR count). The third kappa shape index (κ3) is 69.5. The number of carbonyl (C=O) groups is 4. The van der Waals surface area contributed by atoms with E-state index in [1.54, 1.807) is 0 Å². The first-order chi connectivity index (χ1) is 46.8. The number of carbonyl (C=O) groups excluding carboxylic acids is 4. The van der Waals surface area contributed by atoms with E-state index >= 15 is 0 Å². The predicted molar refractivity (Wildman–Crippen MR) is 395 cm³/mol. The molecule has 0 aromatic rings. The van der Waals surface area contributed by atoms with E-state index in [2.05, 4.69) is 48.5 Å². The third-order valence-electron chi connectivity index (χ3n) is 18.9. The Hall–Kier alpha value is -1.94. The Morgan fingerprint density at radius 1 is 0.299 bits per heavy atom. The van der Waals surface area contributed by atoms with Crippen molar-refractivity contribution in [3.05, 3.63) is 0 Å². The van der Waals surface area contributed by atoms with Crippen molar-refractivity contribution in [3.8, 4) is 0 Å². The van der Waals surface area contributed by atoms with E-state index in [9.17, 15) is 43.2 Å². The largest absolute Gasteiger partial charge is 0.472 e. The van der Waals surface area contributed by atoms with Crippen LogP contribution in [0, 0.1) is 17.8 Å². The van der Waals surface area contributed by atoms with E-state index in [4.69, 9.17) is 37.0 Å². The minimum atomic E-state index is -4.96. The molecule has 0 aromatic heterocycles. The zero-order chi connectivity index (χ0) is 71.6. The molecule has 0 bridgehead atoms. The summed E-state index contributed by atoms with van der Waals surface area (Å²) in [5, 5.41) is 10.6. The van der Waals surface area contributed by atoms with Crippen LogP contribution < -0.4 is 0 Å². The molecule has 3 N–H and O–H groups in total. The Kier molecular flexibility index (Phi) is 67.1. The molecule has 19 heteroatoms. The molecular weight excluding hydrogens is 1270 g/mol. The van der Waals surface area contributed by atoms with Crippen molar-refractivity contribution < 1.29 is 80.2 Å². The lowest BCUT2D eigenvalue weighted by molar-refractivity contribution is -0.161. The van der Waals surface area contributed by atoms with Crippen LogP contribution in [-0.4, -0.2) is 96.7 Å². The first kappa shape index (κ1) is 95.1. The van der Waals surface area contributed by atoms with Crippen LogP contribution in [0.15, 0.2) is 0 Å². The van der Waals surface area contributed by atoms with Gasteiger partial charge < -0.3 is 33.8 Å². The van der Waals surface area contributed by atoms with Crippen molar-refractivity contribution >= 4 is 39.5 Å². The lowest BCUT2D eigenvalue weighted by Gasteiger charge is -2.21. The van der Waals surface area contributed by atoms with Crippen LogP contribution in [0.4, 0.5) is 0 Å². The van der Waals surface area contributed by atoms with Crippen molar-refractivity contribution in [2.24, 2.45) is 17.8 Å². The van der Waals surface area contributed by atoms with E-state index in [1.165, 1.54) is 205 Å². The van der Waals surface area contributed by atoms with E-state index in [0.717, 1.165) is 108 Å². The second kappa shape index (κ2) is 68.5. The number of rotatable bonds is 76. The molecule has 4 unspecified atom stereocenters. The van der Waals surface area contributed by atoms with Gasteiger partial charge in [0.25, 0.3) is 0 Å². The molecule has 0 spiro atoms. The Balaban J connectivity index is 5.25. The number of aliphatic hydroxyl groups is 1. The minimum absolute atomic E-state index is 0.105.